The fraction of sp³-hybridized carbons (Fsp3) is 0.444. The molecule has 0 aliphatic heterocycles. The van der Waals surface area contributed by atoms with Gasteiger partial charge in [0, 0.05) is 25.5 Å². The second kappa shape index (κ2) is 11.4. The van der Waals surface area contributed by atoms with E-state index in [-0.39, 0.29) is 30.7 Å². The molecule has 1 aromatic rings. The summed E-state index contributed by atoms with van der Waals surface area (Å²) in [7, 11) is 1.73. The minimum Gasteiger partial charge on any atom is -0.367 e. The average Bonchev–Trinajstić information content (AvgIpc) is 2.26. The van der Waals surface area contributed by atoms with Gasteiger partial charge >= 0.3 is 0 Å². The molecule has 6 nitrogen and oxygen atoms in total. The van der Waals surface area contributed by atoms with Crippen molar-refractivity contribution in [2.45, 2.75) is 0 Å². The monoisotopic (exact) mass is 281 g/mol. The molecule has 0 unspecified atom stereocenters. The van der Waals surface area contributed by atoms with Crippen molar-refractivity contribution >= 4 is 36.5 Å². The van der Waals surface area contributed by atoms with Crippen LogP contribution in [0.4, 0.5) is 5.82 Å². The predicted octanol–water partition coefficient (Wildman–Crippen LogP) is 0.0677. The van der Waals surface area contributed by atoms with Crippen LogP contribution in [0.5, 0.6) is 0 Å². The molecule has 98 valence electrons. The minimum absolute atomic E-state index is 0. The number of rotatable bonds is 6. The molecule has 1 aromatic heterocycles. The zero-order valence-electron chi connectivity index (χ0n) is 9.47. The Morgan fingerprint density at radius 3 is 2.65 bits per heavy atom. The first-order valence-electron chi connectivity index (χ1n) is 4.74. The lowest BCUT2D eigenvalue weighted by Gasteiger charge is -2.06. The van der Waals surface area contributed by atoms with E-state index in [1.54, 1.807) is 25.6 Å². The van der Waals surface area contributed by atoms with Gasteiger partial charge < -0.3 is 16.0 Å². The van der Waals surface area contributed by atoms with Gasteiger partial charge in [-0.2, -0.15) is 0 Å². The first-order chi connectivity index (χ1) is 7.33. The topological polar surface area (TPSA) is 78.9 Å². The zero-order valence-corrected chi connectivity index (χ0v) is 11.1. The van der Waals surface area contributed by atoms with Crippen molar-refractivity contribution in [2.75, 3.05) is 32.0 Å². The standard InChI is InChI=1S/C9H15N5O.2ClH/c1-10-7-9(15)14-5-4-13-8-6-11-2-3-12-8;;/h2-3,6,10H,4-5,7H2,1H3,(H,12,13)(H,14,15);2*1H. The van der Waals surface area contributed by atoms with Crippen molar-refractivity contribution in [3.05, 3.63) is 18.6 Å². The molecule has 0 fully saturated rings. The fourth-order valence-electron chi connectivity index (χ4n) is 1.01. The molecule has 0 aromatic carbocycles. The maximum Gasteiger partial charge on any atom is 0.234 e. The Labute approximate surface area is 113 Å². The van der Waals surface area contributed by atoms with Crippen LogP contribution in [-0.4, -0.2) is 42.6 Å². The van der Waals surface area contributed by atoms with Gasteiger partial charge in [-0.05, 0) is 7.05 Å². The number of carbonyl (C=O) groups is 1. The second-order valence-electron chi connectivity index (χ2n) is 2.90. The van der Waals surface area contributed by atoms with E-state index in [1.165, 1.54) is 0 Å². The van der Waals surface area contributed by atoms with Crippen LogP contribution in [0, 0.1) is 0 Å². The van der Waals surface area contributed by atoms with Gasteiger partial charge in [0.1, 0.15) is 5.82 Å². The molecule has 0 radical (unpaired) electrons. The number of nitrogens with zero attached hydrogens (tertiary/aromatic N) is 2. The Balaban J connectivity index is 0. The third-order valence-electron chi connectivity index (χ3n) is 1.65. The van der Waals surface area contributed by atoms with Gasteiger partial charge in [-0.3, -0.25) is 9.78 Å². The molecule has 0 saturated heterocycles. The van der Waals surface area contributed by atoms with Crippen LogP contribution in [0.3, 0.4) is 0 Å². The van der Waals surface area contributed by atoms with Crippen molar-refractivity contribution in [1.29, 1.82) is 0 Å². The SMILES string of the molecule is CNCC(=O)NCCNc1cnccn1.Cl.Cl. The molecule has 0 saturated carbocycles. The number of amides is 1. The molecule has 3 N–H and O–H groups in total. The van der Waals surface area contributed by atoms with E-state index in [0.29, 0.717) is 25.5 Å². The number of hydrogen-bond acceptors (Lipinski definition) is 5. The average molecular weight is 282 g/mol. The number of anilines is 1. The smallest absolute Gasteiger partial charge is 0.234 e. The molecule has 1 rings (SSSR count). The summed E-state index contributed by atoms with van der Waals surface area (Å²) in [5.74, 6) is 0.693. The van der Waals surface area contributed by atoms with Gasteiger partial charge in [-0.15, -0.1) is 24.8 Å². The van der Waals surface area contributed by atoms with E-state index in [2.05, 4.69) is 25.9 Å². The lowest BCUT2D eigenvalue weighted by atomic mass is 10.5. The highest BCUT2D eigenvalue weighted by Crippen LogP contribution is 1.94. The molecule has 1 amide bonds. The number of halogens is 2. The molecule has 1 heterocycles. The summed E-state index contributed by atoms with van der Waals surface area (Å²) in [6.45, 7) is 1.54. The Kier molecular flexibility index (Phi) is 12.2. The second-order valence-corrected chi connectivity index (χ2v) is 2.90. The van der Waals surface area contributed by atoms with Crippen molar-refractivity contribution in [1.82, 2.24) is 20.6 Å². The van der Waals surface area contributed by atoms with Crippen LogP contribution < -0.4 is 16.0 Å². The van der Waals surface area contributed by atoms with Gasteiger partial charge in [-0.1, -0.05) is 0 Å². The summed E-state index contributed by atoms with van der Waals surface area (Å²) < 4.78 is 0. The molecule has 0 aliphatic carbocycles. The Bertz CT molecular complexity index is 299. The minimum atomic E-state index is -0.0153. The Morgan fingerprint density at radius 1 is 1.29 bits per heavy atom. The van der Waals surface area contributed by atoms with Crippen LogP contribution in [-0.2, 0) is 4.79 Å². The number of likely N-dealkylation sites (N-methyl/N-ethyl adjacent to an activating group) is 1. The third-order valence-corrected chi connectivity index (χ3v) is 1.65. The first-order valence-corrected chi connectivity index (χ1v) is 4.74. The van der Waals surface area contributed by atoms with E-state index in [0.717, 1.165) is 0 Å². The highest BCUT2D eigenvalue weighted by molar-refractivity contribution is 5.85. The van der Waals surface area contributed by atoms with E-state index in [9.17, 15) is 4.79 Å². The van der Waals surface area contributed by atoms with E-state index < -0.39 is 0 Å². The van der Waals surface area contributed by atoms with Gasteiger partial charge in [0.05, 0.1) is 12.7 Å². The predicted molar refractivity (Wildman–Crippen MR) is 72.0 cm³/mol. The lowest BCUT2D eigenvalue weighted by Crippen LogP contribution is -2.35. The molecule has 0 atom stereocenters. The highest BCUT2D eigenvalue weighted by atomic mass is 35.5. The molecular formula is C9H17Cl2N5O. The summed E-state index contributed by atoms with van der Waals surface area (Å²) in [4.78, 5) is 19.0. The molecule has 0 bridgehead atoms. The van der Waals surface area contributed by atoms with E-state index in [1.807, 2.05) is 0 Å². The van der Waals surface area contributed by atoms with E-state index in [4.69, 9.17) is 0 Å². The summed E-state index contributed by atoms with van der Waals surface area (Å²) in [5.41, 5.74) is 0. The first kappa shape index (κ1) is 18.3. The maximum absolute atomic E-state index is 11.0. The summed E-state index contributed by atoms with van der Waals surface area (Å²) in [5, 5.41) is 8.55. The van der Waals surface area contributed by atoms with Gasteiger partial charge in [0.15, 0.2) is 0 Å². The highest BCUT2D eigenvalue weighted by Gasteiger charge is 1.97. The van der Waals surface area contributed by atoms with Crippen molar-refractivity contribution in [2.24, 2.45) is 0 Å². The third kappa shape index (κ3) is 8.67. The zero-order chi connectivity index (χ0) is 10.9. The number of nitrogens with one attached hydrogen (secondary N) is 3. The largest absolute Gasteiger partial charge is 0.367 e. The maximum atomic E-state index is 11.0. The molecule has 0 spiro atoms. The van der Waals surface area contributed by atoms with Crippen LogP contribution in [0.2, 0.25) is 0 Å². The van der Waals surface area contributed by atoms with Crippen LogP contribution in [0.25, 0.3) is 0 Å². The summed E-state index contributed by atoms with van der Waals surface area (Å²) in [6.07, 6.45) is 4.86. The number of carbonyl (C=O) groups excluding carboxylic acids is 1. The Morgan fingerprint density at radius 2 is 2.06 bits per heavy atom. The molecule has 8 heteroatoms. The molecule has 0 aliphatic rings. The van der Waals surface area contributed by atoms with Crippen molar-refractivity contribution in [3.8, 4) is 0 Å². The lowest BCUT2D eigenvalue weighted by molar-refractivity contribution is -0.120. The fourth-order valence-corrected chi connectivity index (χ4v) is 1.01. The van der Waals surface area contributed by atoms with Crippen LogP contribution in [0.1, 0.15) is 0 Å². The van der Waals surface area contributed by atoms with Gasteiger partial charge in [0.25, 0.3) is 0 Å². The normalized spacial score (nSPS) is 8.53. The summed E-state index contributed by atoms with van der Waals surface area (Å²) >= 11 is 0. The summed E-state index contributed by atoms with van der Waals surface area (Å²) in [6, 6.07) is 0. The van der Waals surface area contributed by atoms with Crippen LogP contribution >= 0.6 is 24.8 Å². The molecular weight excluding hydrogens is 265 g/mol. The number of aromatic nitrogens is 2. The Hall–Kier alpha value is -1.11. The van der Waals surface area contributed by atoms with Crippen molar-refractivity contribution in [3.63, 3.8) is 0 Å². The van der Waals surface area contributed by atoms with Gasteiger partial charge in [-0.25, -0.2) is 4.98 Å². The van der Waals surface area contributed by atoms with E-state index >= 15 is 0 Å². The number of hydrogen-bond donors (Lipinski definition) is 3. The van der Waals surface area contributed by atoms with Crippen LogP contribution in [0.15, 0.2) is 18.6 Å². The van der Waals surface area contributed by atoms with Crippen molar-refractivity contribution < 1.29 is 4.79 Å². The molecule has 17 heavy (non-hydrogen) atoms. The quantitative estimate of drug-likeness (QED) is 0.643. The van der Waals surface area contributed by atoms with Gasteiger partial charge in [0.2, 0.25) is 5.91 Å².